The van der Waals surface area contributed by atoms with E-state index in [0.717, 1.165) is 11.3 Å². The summed E-state index contributed by atoms with van der Waals surface area (Å²) < 4.78 is 53.9. The number of hydrogen-bond acceptors (Lipinski definition) is 8. The summed E-state index contributed by atoms with van der Waals surface area (Å²) in [6, 6.07) is 4.84. The second-order valence-electron chi connectivity index (χ2n) is 5.44. The molecule has 14 heteroatoms. The average molecular weight is 443 g/mol. The number of aryl methyl sites for hydroxylation is 1. The summed E-state index contributed by atoms with van der Waals surface area (Å²) in [5.41, 5.74) is -2.00. The van der Waals surface area contributed by atoms with Crippen LogP contribution in [-0.2, 0) is 20.0 Å². The van der Waals surface area contributed by atoms with Crippen LogP contribution in [0.3, 0.4) is 0 Å². The molecule has 0 saturated carbocycles. The molecular weight excluding hydrogens is 430 g/mol. The molecule has 3 aromatic rings. The van der Waals surface area contributed by atoms with E-state index in [9.17, 15) is 26.4 Å². The van der Waals surface area contributed by atoms with E-state index in [-0.39, 0.29) is 21.4 Å². The second kappa shape index (κ2) is 7.21. The zero-order valence-electron chi connectivity index (χ0n) is 14.1. The van der Waals surface area contributed by atoms with E-state index in [1.807, 2.05) is 4.98 Å². The zero-order chi connectivity index (χ0) is 20.5. The van der Waals surface area contributed by atoms with Crippen LogP contribution in [-0.4, -0.2) is 31.8 Å². The smallest absolute Gasteiger partial charge is 0.310 e. The molecule has 0 radical (unpaired) electrons. The lowest BCUT2D eigenvalue weighted by Gasteiger charge is -2.10. The van der Waals surface area contributed by atoms with E-state index in [2.05, 4.69) is 19.4 Å². The van der Waals surface area contributed by atoms with Crippen LogP contribution in [0.1, 0.15) is 5.69 Å². The third-order valence-corrected chi connectivity index (χ3v) is 7.12. The number of thiazole rings is 1. The summed E-state index contributed by atoms with van der Waals surface area (Å²) in [4.78, 5) is 30.2. The van der Waals surface area contributed by atoms with Crippen LogP contribution in [0.2, 0.25) is 0 Å². The molecule has 1 aromatic carbocycles. The van der Waals surface area contributed by atoms with Gasteiger partial charge in [-0.25, -0.2) is 26.6 Å². The largest absolute Gasteiger partial charge is 0.325 e. The summed E-state index contributed by atoms with van der Waals surface area (Å²) in [6.45, 7) is 1.27. The van der Waals surface area contributed by atoms with Gasteiger partial charge in [-0.05, 0) is 31.2 Å². The van der Waals surface area contributed by atoms with E-state index < -0.39 is 36.2 Å². The maximum absolute atomic E-state index is 12.5. The Kier molecular flexibility index (Phi) is 5.10. The van der Waals surface area contributed by atoms with Crippen molar-refractivity contribution in [2.45, 2.75) is 16.7 Å². The van der Waals surface area contributed by atoms with Crippen LogP contribution in [0, 0.1) is 6.92 Å². The van der Waals surface area contributed by atoms with E-state index in [1.165, 1.54) is 37.4 Å². The summed E-state index contributed by atoms with van der Waals surface area (Å²) >= 11 is 1.11. The van der Waals surface area contributed by atoms with Crippen molar-refractivity contribution in [3.05, 3.63) is 62.4 Å². The Labute approximate surface area is 162 Å². The van der Waals surface area contributed by atoms with Gasteiger partial charge >= 0.3 is 5.69 Å². The van der Waals surface area contributed by atoms with Crippen molar-refractivity contribution in [3.63, 3.8) is 0 Å². The number of hydrogen-bond donors (Lipinski definition) is 4. The molecule has 0 aliphatic rings. The topological polar surface area (TPSA) is 171 Å². The fraction of sp³-hybridized carbons (Fsp3) is 0.0714. The van der Waals surface area contributed by atoms with Gasteiger partial charge in [0, 0.05) is 23.0 Å². The molecule has 0 aliphatic carbocycles. The minimum Gasteiger partial charge on any atom is -0.310 e. The maximum atomic E-state index is 12.5. The number of sulfonamides is 2. The molecule has 0 bridgehead atoms. The van der Waals surface area contributed by atoms with Crippen LogP contribution >= 0.6 is 11.3 Å². The average Bonchev–Trinajstić information content (AvgIpc) is 3.05. The lowest BCUT2D eigenvalue weighted by molar-refractivity contribution is 0.597. The number of anilines is 2. The van der Waals surface area contributed by atoms with Crippen molar-refractivity contribution in [2.75, 3.05) is 9.44 Å². The molecule has 0 spiro atoms. The molecule has 2 heterocycles. The highest BCUT2D eigenvalue weighted by molar-refractivity contribution is 7.93. The third-order valence-electron chi connectivity index (χ3n) is 3.41. The molecule has 28 heavy (non-hydrogen) atoms. The first-order valence-electron chi connectivity index (χ1n) is 7.47. The van der Waals surface area contributed by atoms with Crippen molar-refractivity contribution < 1.29 is 16.8 Å². The number of aromatic nitrogens is 3. The quantitative estimate of drug-likeness (QED) is 0.428. The van der Waals surface area contributed by atoms with Gasteiger partial charge in [0.15, 0.2) is 10.0 Å². The van der Waals surface area contributed by atoms with E-state index in [4.69, 9.17) is 0 Å². The minimum atomic E-state index is -4.32. The molecule has 4 N–H and O–H groups in total. The predicted octanol–water partition coefficient (Wildman–Crippen LogP) is 0.430. The van der Waals surface area contributed by atoms with Crippen LogP contribution < -0.4 is 20.7 Å². The molecule has 148 valence electrons. The molecule has 0 aliphatic heterocycles. The van der Waals surface area contributed by atoms with Crippen molar-refractivity contribution in [1.29, 1.82) is 0 Å². The van der Waals surface area contributed by atoms with Gasteiger partial charge in [-0.15, -0.1) is 11.3 Å². The Morgan fingerprint density at radius 1 is 0.964 bits per heavy atom. The SMILES string of the molecule is Cc1[nH]c(=O)[nH]c(=O)c1S(=O)(=O)Nc1ccc(S(=O)(=O)Nc2nccs2)cc1. The Morgan fingerprint density at radius 3 is 2.21 bits per heavy atom. The number of aromatic amines is 2. The first kappa shape index (κ1) is 19.8. The molecular formula is C14H13N5O6S3. The normalized spacial score (nSPS) is 11.9. The van der Waals surface area contributed by atoms with Gasteiger partial charge in [0.25, 0.3) is 25.6 Å². The van der Waals surface area contributed by atoms with E-state index in [1.54, 1.807) is 5.38 Å². The van der Waals surface area contributed by atoms with E-state index in [0.29, 0.717) is 0 Å². The highest BCUT2D eigenvalue weighted by Gasteiger charge is 2.23. The Hall–Kier alpha value is -2.97. The fourth-order valence-electron chi connectivity index (χ4n) is 2.27. The van der Waals surface area contributed by atoms with Gasteiger partial charge in [-0.3, -0.25) is 19.2 Å². The van der Waals surface area contributed by atoms with Gasteiger partial charge in [-0.1, -0.05) is 0 Å². The van der Waals surface area contributed by atoms with Crippen LogP contribution in [0.5, 0.6) is 0 Å². The zero-order valence-corrected chi connectivity index (χ0v) is 16.5. The Morgan fingerprint density at radius 2 is 1.64 bits per heavy atom. The maximum Gasteiger partial charge on any atom is 0.325 e. The number of rotatable bonds is 6. The number of benzene rings is 1. The molecule has 2 aromatic heterocycles. The predicted molar refractivity (Wildman–Crippen MR) is 103 cm³/mol. The van der Waals surface area contributed by atoms with Gasteiger partial charge in [-0.2, -0.15) is 0 Å². The third kappa shape index (κ3) is 4.13. The molecule has 0 amide bonds. The first-order valence-corrected chi connectivity index (χ1v) is 11.3. The lowest BCUT2D eigenvalue weighted by Crippen LogP contribution is -2.31. The van der Waals surface area contributed by atoms with Gasteiger partial charge in [0.2, 0.25) is 0 Å². The highest BCUT2D eigenvalue weighted by Crippen LogP contribution is 2.21. The molecule has 0 fully saturated rings. The summed E-state index contributed by atoms with van der Waals surface area (Å²) in [7, 11) is -8.21. The molecule has 11 nitrogen and oxygen atoms in total. The van der Waals surface area contributed by atoms with Gasteiger partial charge in [0.1, 0.15) is 0 Å². The van der Waals surface area contributed by atoms with Crippen LogP contribution in [0.25, 0.3) is 0 Å². The summed E-state index contributed by atoms with van der Waals surface area (Å²) in [6.07, 6.45) is 1.45. The molecule has 3 rings (SSSR count). The van der Waals surface area contributed by atoms with E-state index >= 15 is 0 Å². The van der Waals surface area contributed by atoms with Gasteiger partial charge in [0.05, 0.1) is 4.90 Å². The van der Waals surface area contributed by atoms with Crippen molar-refractivity contribution >= 4 is 42.2 Å². The monoisotopic (exact) mass is 443 g/mol. The number of nitrogens with zero attached hydrogens (tertiary/aromatic N) is 1. The minimum absolute atomic E-state index is 0.0261. The van der Waals surface area contributed by atoms with Crippen LogP contribution in [0.4, 0.5) is 10.8 Å². The van der Waals surface area contributed by atoms with Crippen molar-refractivity contribution in [2.24, 2.45) is 0 Å². The lowest BCUT2D eigenvalue weighted by atomic mass is 10.3. The molecule has 0 atom stereocenters. The fourth-order valence-corrected chi connectivity index (χ4v) is 5.35. The molecule has 0 unspecified atom stereocenters. The molecule has 0 saturated heterocycles. The summed E-state index contributed by atoms with van der Waals surface area (Å²) in [5, 5.41) is 1.80. The standard InChI is InChI=1S/C14H13N5O6S3/c1-8-11(12(20)17-13(21)16-8)28(24,25)18-9-2-4-10(5-3-9)27(22,23)19-14-15-6-7-26-14/h2-7,18H,1H3,(H,15,19)(H2,16,17,20,21). The second-order valence-corrected chi connectivity index (χ2v) is 9.63. The number of H-pyrrole nitrogens is 2. The highest BCUT2D eigenvalue weighted by atomic mass is 32.2. The number of nitrogens with one attached hydrogen (secondary N) is 4. The van der Waals surface area contributed by atoms with Crippen molar-refractivity contribution in [1.82, 2.24) is 15.0 Å². The Balaban J connectivity index is 1.87. The van der Waals surface area contributed by atoms with Crippen molar-refractivity contribution in [3.8, 4) is 0 Å². The summed E-state index contributed by atoms with van der Waals surface area (Å²) in [5.74, 6) is 0. The Bertz CT molecular complexity index is 1320. The van der Waals surface area contributed by atoms with Gasteiger partial charge < -0.3 is 4.98 Å². The first-order chi connectivity index (χ1) is 13.1. The van der Waals surface area contributed by atoms with Crippen LogP contribution in [0.15, 0.2) is 55.2 Å².